The van der Waals surface area contributed by atoms with E-state index in [2.05, 4.69) is 10.3 Å². The van der Waals surface area contributed by atoms with E-state index in [1.54, 1.807) is 6.92 Å². The van der Waals surface area contributed by atoms with Crippen molar-refractivity contribution in [1.29, 1.82) is 0 Å². The maximum Gasteiger partial charge on any atom is 0.529 e. The lowest BCUT2D eigenvalue weighted by molar-refractivity contribution is 0.488. The minimum Gasteiger partial charge on any atom is -0.444 e. The molecule has 0 aliphatic heterocycles. The maximum atomic E-state index is 12.0. The van der Waals surface area contributed by atoms with Gasteiger partial charge in [-0.1, -0.05) is 5.21 Å². The van der Waals surface area contributed by atoms with E-state index in [-0.39, 0.29) is 6.54 Å². The summed E-state index contributed by atoms with van der Waals surface area (Å²) in [4.78, 5) is 0. The predicted molar refractivity (Wildman–Crippen MR) is 34.4 cm³/mol. The predicted octanol–water partition coefficient (Wildman–Crippen LogP) is 0.352. The molecule has 1 aromatic rings. The zero-order valence-electron chi connectivity index (χ0n) is 5.84. The van der Waals surface area contributed by atoms with Crippen LogP contribution in [-0.2, 0) is 6.54 Å². The second-order valence-corrected chi connectivity index (χ2v) is 2.05. The molecule has 1 heterocycles. The first-order valence-corrected chi connectivity index (χ1v) is 3.14. The summed E-state index contributed by atoms with van der Waals surface area (Å²) in [5.74, 6) is 0. The molecule has 11 heavy (non-hydrogen) atoms. The van der Waals surface area contributed by atoms with Crippen molar-refractivity contribution in [2.75, 3.05) is 0 Å². The lowest BCUT2D eigenvalue weighted by Gasteiger charge is -2.13. The summed E-state index contributed by atoms with van der Waals surface area (Å²) in [7, 11) is 0. The van der Waals surface area contributed by atoms with E-state index < -0.39 is 12.6 Å². The average Bonchev–Trinajstić information content (AvgIpc) is 2.31. The van der Waals surface area contributed by atoms with Gasteiger partial charge in [-0.3, -0.25) is 4.68 Å². The monoisotopic (exact) mass is 164 g/mol. The number of hydrogen-bond donors (Lipinski definition) is 0. The highest BCUT2D eigenvalue weighted by molar-refractivity contribution is 6.72. The topological polar surface area (TPSA) is 30.7 Å². The molecule has 0 radical (unpaired) electrons. The van der Waals surface area contributed by atoms with Gasteiger partial charge in [0, 0.05) is 18.3 Å². The zero-order chi connectivity index (χ0) is 8.48. The average molecular weight is 164 g/mol. The number of halogens is 3. The van der Waals surface area contributed by atoms with Crippen molar-refractivity contribution >= 4 is 12.6 Å². The summed E-state index contributed by atoms with van der Waals surface area (Å²) in [5, 5.41) is 6.43. The molecule has 7 heteroatoms. The van der Waals surface area contributed by atoms with Gasteiger partial charge in [0.15, 0.2) is 0 Å². The Morgan fingerprint density at radius 1 is 1.55 bits per heavy atom. The molecule has 0 spiro atoms. The van der Waals surface area contributed by atoms with E-state index in [1.165, 1.54) is 0 Å². The Morgan fingerprint density at radius 2 is 2.18 bits per heavy atom. The number of aryl methyl sites for hydroxylation is 1. The van der Waals surface area contributed by atoms with E-state index in [1.807, 2.05) is 0 Å². The van der Waals surface area contributed by atoms with Crippen molar-refractivity contribution in [2.45, 2.75) is 13.5 Å². The highest BCUT2D eigenvalue weighted by atomic mass is 19.4. The van der Waals surface area contributed by atoms with E-state index >= 15 is 0 Å². The number of aromatic nitrogens is 3. The molecule has 62 valence electrons. The van der Waals surface area contributed by atoms with Crippen LogP contribution in [0.3, 0.4) is 0 Å². The zero-order valence-corrected chi connectivity index (χ0v) is 5.84. The van der Waals surface area contributed by atoms with Crippen LogP contribution in [0.1, 0.15) is 6.92 Å². The number of nitrogens with zero attached hydrogens (tertiary/aromatic N) is 3. The summed E-state index contributed by atoms with van der Waals surface area (Å²) in [6, 6.07) is 0. The third-order valence-corrected chi connectivity index (χ3v) is 1.28. The molecule has 0 unspecified atom stereocenters. The molecular formula is C4H6BF3N3-. The summed E-state index contributed by atoms with van der Waals surface area (Å²) in [5.41, 5.74) is -0.743. The van der Waals surface area contributed by atoms with Crippen molar-refractivity contribution in [2.24, 2.45) is 0 Å². The summed E-state index contributed by atoms with van der Waals surface area (Å²) in [6.07, 6.45) is 0.740. The molecule has 0 aromatic carbocycles. The summed E-state index contributed by atoms with van der Waals surface area (Å²) in [6.45, 7) is -3.19. The smallest absolute Gasteiger partial charge is 0.444 e. The molecule has 0 aliphatic rings. The summed E-state index contributed by atoms with van der Waals surface area (Å²) >= 11 is 0. The quantitative estimate of drug-likeness (QED) is 0.590. The van der Waals surface area contributed by atoms with Gasteiger partial charge in [-0.05, 0) is 6.92 Å². The van der Waals surface area contributed by atoms with Crippen molar-refractivity contribution in [1.82, 2.24) is 15.0 Å². The third-order valence-electron chi connectivity index (χ3n) is 1.28. The van der Waals surface area contributed by atoms with Crippen LogP contribution in [-0.4, -0.2) is 22.0 Å². The molecule has 0 saturated heterocycles. The fourth-order valence-electron chi connectivity index (χ4n) is 0.765. The molecule has 1 rings (SSSR count). The number of rotatable bonds is 2. The molecule has 0 saturated carbocycles. The van der Waals surface area contributed by atoms with Crippen LogP contribution in [0.5, 0.6) is 0 Å². The van der Waals surface area contributed by atoms with Crippen molar-refractivity contribution in [3.63, 3.8) is 0 Å². The lowest BCUT2D eigenvalue weighted by atomic mass is 9.87. The van der Waals surface area contributed by atoms with Gasteiger partial charge in [0.25, 0.3) is 0 Å². The van der Waals surface area contributed by atoms with Crippen molar-refractivity contribution in [3.8, 4) is 0 Å². The highest BCUT2D eigenvalue weighted by Gasteiger charge is 2.29. The van der Waals surface area contributed by atoms with E-state index in [9.17, 15) is 12.9 Å². The fourth-order valence-corrected chi connectivity index (χ4v) is 0.765. The highest BCUT2D eigenvalue weighted by Crippen LogP contribution is 2.06. The Labute approximate surface area is 61.3 Å². The van der Waals surface area contributed by atoms with Crippen molar-refractivity contribution in [3.05, 3.63) is 6.20 Å². The van der Waals surface area contributed by atoms with Crippen LogP contribution in [0.15, 0.2) is 6.20 Å². The van der Waals surface area contributed by atoms with Gasteiger partial charge < -0.3 is 12.9 Å². The lowest BCUT2D eigenvalue weighted by Crippen LogP contribution is -2.40. The van der Waals surface area contributed by atoms with E-state index in [0.717, 1.165) is 10.9 Å². The van der Waals surface area contributed by atoms with Gasteiger partial charge >= 0.3 is 6.98 Å². The van der Waals surface area contributed by atoms with Crippen LogP contribution in [0, 0.1) is 0 Å². The minimum atomic E-state index is -4.96. The Morgan fingerprint density at radius 3 is 2.55 bits per heavy atom. The Kier molecular flexibility index (Phi) is 1.88. The molecule has 0 N–H and O–H groups in total. The van der Waals surface area contributed by atoms with Crippen LogP contribution in [0.25, 0.3) is 0 Å². The third kappa shape index (κ3) is 1.52. The molecule has 3 nitrogen and oxygen atoms in total. The van der Waals surface area contributed by atoms with E-state index in [0.29, 0.717) is 0 Å². The Hall–Kier alpha value is -1.01. The second-order valence-electron chi connectivity index (χ2n) is 2.05. The second kappa shape index (κ2) is 2.56. The fraction of sp³-hybridized carbons (Fsp3) is 0.500. The minimum absolute atomic E-state index is 0.191. The normalized spacial score (nSPS) is 12.0. The first kappa shape index (κ1) is 8.09. The van der Waals surface area contributed by atoms with Gasteiger partial charge in [0.05, 0.1) is 0 Å². The Bertz CT molecular complexity index is 243. The van der Waals surface area contributed by atoms with Crippen molar-refractivity contribution < 1.29 is 12.9 Å². The molecule has 0 atom stereocenters. The van der Waals surface area contributed by atoms with Gasteiger partial charge in [-0.15, -0.1) is 5.10 Å². The molecule has 0 fully saturated rings. The van der Waals surface area contributed by atoms with E-state index in [4.69, 9.17) is 0 Å². The number of hydrogen-bond acceptors (Lipinski definition) is 2. The van der Waals surface area contributed by atoms with Gasteiger partial charge in [-0.25, -0.2) is 0 Å². The molecule has 0 bridgehead atoms. The largest absolute Gasteiger partial charge is 0.529 e. The first-order valence-electron chi connectivity index (χ1n) is 3.14. The van der Waals surface area contributed by atoms with Crippen LogP contribution < -0.4 is 5.59 Å². The van der Waals surface area contributed by atoms with Gasteiger partial charge in [-0.2, -0.15) is 0 Å². The van der Waals surface area contributed by atoms with Crippen LogP contribution in [0.4, 0.5) is 12.9 Å². The standard InChI is InChI=1S/C4H6BF3N3/c1-2-11-4(3-9-10-11)5(6,7)8/h3H,2H2,1H3/q-1. The molecule has 1 aromatic heterocycles. The SMILES string of the molecule is CCn1nncc1[B-](F)(F)F. The Balaban J connectivity index is 3.02. The van der Waals surface area contributed by atoms with Gasteiger partial charge in [0.2, 0.25) is 0 Å². The maximum absolute atomic E-state index is 12.0. The van der Waals surface area contributed by atoms with Crippen LogP contribution in [0.2, 0.25) is 0 Å². The molecule has 0 amide bonds. The molecule has 0 aliphatic carbocycles. The molecular weight excluding hydrogens is 158 g/mol. The first-order chi connectivity index (χ1) is 5.05. The van der Waals surface area contributed by atoms with Gasteiger partial charge in [0.1, 0.15) is 0 Å². The summed E-state index contributed by atoms with van der Waals surface area (Å²) < 4.78 is 36.9. The van der Waals surface area contributed by atoms with Crippen LogP contribution >= 0.6 is 0 Å².